The van der Waals surface area contributed by atoms with Crippen molar-refractivity contribution in [2.24, 2.45) is 0 Å². The molecule has 0 spiro atoms. The fourth-order valence-corrected chi connectivity index (χ4v) is 2.14. The Morgan fingerprint density at radius 3 is 2.95 bits per heavy atom. The zero-order valence-corrected chi connectivity index (χ0v) is 11.0. The van der Waals surface area contributed by atoms with Crippen LogP contribution in [0.4, 0.5) is 5.95 Å². The van der Waals surface area contributed by atoms with Crippen molar-refractivity contribution in [3.05, 3.63) is 22.2 Å². The van der Waals surface area contributed by atoms with Crippen LogP contribution in [0.3, 0.4) is 0 Å². The third kappa shape index (κ3) is 2.48. The van der Waals surface area contributed by atoms with Crippen LogP contribution in [0.15, 0.2) is 11.0 Å². The molecule has 3 rings (SSSR count). The number of aromatic nitrogens is 4. The van der Waals surface area contributed by atoms with Crippen LogP contribution in [0.5, 0.6) is 0 Å². The average Bonchev–Trinajstić information content (AvgIpc) is 2.47. The molecule has 9 heteroatoms. The predicted octanol–water partition coefficient (Wildman–Crippen LogP) is -1.58. The van der Waals surface area contributed by atoms with E-state index in [1.54, 1.807) is 0 Å². The van der Waals surface area contributed by atoms with Crippen molar-refractivity contribution in [3.63, 3.8) is 0 Å². The summed E-state index contributed by atoms with van der Waals surface area (Å²) in [6, 6.07) is 0. The number of nitrogens with zero attached hydrogens (tertiary/aromatic N) is 4. The molecular weight excluding hydrogens is 278 g/mol. The summed E-state index contributed by atoms with van der Waals surface area (Å²) in [5.41, 5.74) is 0.222. The maximum Gasteiger partial charge on any atom is 0.283 e. The van der Waals surface area contributed by atoms with Gasteiger partial charge in [-0.1, -0.05) is 0 Å². The molecule has 1 aliphatic rings. The topological polar surface area (TPSA) is 130 Å². The maximum absolute atomic E-state index is 12.3. The fourth-order valence-electron chi connectivity index (χ4n) is 2.14. The number of hydrogen-bond donors (Lipinski definition) is 3. The standard InChI is InChI=1S/C12H13N5O4/c18-5-7(19)3-6-4-13-10-9(14-6)11(21)17-2-1-8(20)15-12(17)16-10/h4,7,18-19H,1-3,5H2,(H,13,15,16,20). The Balaban J connectivity index is 2.10. The maximum atomic E-state index is 12.3. The molecule has 9 nitrogen and oxygen atoms in total. The van der Waals surface area contributed by atoms with Crippen molar-refractivity contribution in [2.45, 2.75) is 25.5 Å². The van der Waals surface area contributed by atoms with Crippen LogP contribution < -0.4 is 10.9 Å². The largest absolute Gasteiger partial charge is 0.394 e. The zero-order valence-electron chi connectivity index (χ0n) is 11.0. The first-order valence-electron chi connectivity index (χ1n) is 6.43. The summed E-state index contributed by atoms with van der Waals surface area (Å²) in [5, 5.41) is 20.8. The first-order chi connectivity index (χ1) is 10.1. The third-order valence-electron chi connectivity index (χ3n) is 3.19. The lowest BCUT2D eigenvalue weighted by Crippen LogP contribution is -2.33. The number of nitrogens with one attached hydrogen (secondary N) is 1. The van der Waals surface area contributed by atoms with Gasteiger partial charge in [-0.25, -0.2) is 9.97 Å². The van der Waals surface area contributed by atoms with Gasteiger partial charge in [-0.15, -0.1) is 0 Å². The van der Waals surface area contributed by atoms with Crippen LogP contribution in [-0.4, -0.2) is 48.4 Å². The Labute approximate surface area is 118 Å². The molecule has 2 aromatic heterocycles. The molecule has 0 saturated heterocycles. The lowest BCUT2D eigenvalue weighted by atomic mass is 10.2. The molecule has 0 radical (unpaired) electrons. The SMILES string of the molecule is O=C1CCn2c(nc3ncc(CC(O)CO)nc3c2=O)N1. The van der Waals surface area contributed by atoms with Gasteiger partial charge in [-0.3, -0.25) is 19.5 Å². The number of aliphatic hydroxyl groups is 2. The summed E-state index contributed by atoms with van der Waals surface area (Å²) in [5.74, 6) is -0.0295. The van der Waals surface area contributed by atoms with Gasteiger partial charge in [0.1, 0.15) is 0 Å². The van der Waals surface area contributed by atoms with E-state index in [0.717, 1.165) is 0 Å². The monoisotopic (exact) mass is 291 g/mol. The molecule has 1 aliphatic heterocycles. The van der Waals surface area contributed by atoms with Gasteiger partial charge in [0.05, 0.1) is 24.6 Å². The summed E-state index contributed by atoms with van der Waals surface area (Å²) < 4.78 is 1.34. The van der Waals surface area contributed by atoms with E-state index in [0.29, 0.717) is 5.69 Å². The molecule has 1 atom stereocenters. The van der Waals surface area contributed by atoms with E-state index in [9.17, 15) is 14.7 Å². The van der Waals surface area contributed by atoms with Gasteiger partial charge in [-0.05, 0) is 0 Å². The van der Waals surface area contributed by atoms with Crippen LogP contribution in [0.2, 0.25) is 0 Å². The van der Waals surface area contributed by atoms with Gasteiger partial charge >= 0.3 is 0 Å². The summed E-state index contributed by atoms with van der Waals surface area (Å²) in [6.45, 7) is -0.152. The summed E-state index contributed by atoms with van der Waals surface area (Å²) in [4.78, 5) is 36.0. The first-order valence-corrected chi connectivity index (χ1v) is 6.43. The van der Waals surface area contributed by atoms with E-state index in [1.807, 2.05) is 0 Å². The smallest absolute Gasteiger partial charge is 0.283 e. The second kappa shape index (κ2) is 5.19. The van der Waals surface area contributed by atoms with Crippen molar-refractivity contribution in [1.82, 2.24) is 19.5 Å². The van der Waals surface area contributed by atoms with Crippen LogP contribution in [0.25, 0.3) is 11.2 Å². The second-order valence-electron chi connectivity index (χ2n) is 4.76. The number of hydrogen-bond acceptors (Lipinski definition) is 7. The molecular formula is C12H13N5O4. The van der Waals surface area contributed by atoms with Gasteiger partial charge < -0.3 is 10.2 Å². The Hall–Kier alpha value is -2.39. The lowest BCUT2D eigenvalue weighted by molar-refractivity contribution is -0.116. The van der Waals surface area contributed by atoms with E-state index in [-0.39, 0.29) is 48.0 Å². The average molecular weight is 291 g/mol. The second-order valence-corrected chi connectivity index (χ2v) is 4.76. The minimum Gasteiger partial charge on any atom is -0.394 e. The molecule has 110 valence electrons. The molecule has 0 saturated carbocycles. The molecule has 0 bridgehead atoms. The molecule has 0 aliphatic carbocycles. The molecule has 1 unspecified atom stereocenters. The molecule has 1 amide bonds. The lowest BCUT2D eigenvalue weighted by Gasteiger charge is -2.17. The third-order valence-corrected chi connectivity index (χ3v) is 3.19. The summed E-state index contributed by atoms with van der Waals surface area (Å²) in [6.07, 6.45) is 0.729. The Morgan fingerprint density at radius 1 is 1.38 bits per heavy atom. The van der Waals surface area contributed by atoms with E-state index in [1.165, 1.54) is 10.8 Å². The Bertz CT molecular complexity index is 772. The summed E-state index contributed by atoms with van der Waals surface area (Å²) in [7, 11) is 0. The minimum absolute atomic E-state index is 0.0811. The van der Waals surface area contributed by atoms with Crippen molar-refractivity contribution >= 4 is 23.0 Å². The zero-order chi connectivity index (χ0) is 15.0. The van der Waals surface area contributed by atoms with E-state index in [4.69, 9.17) is 5.11 Å². The van der Waals surface area contributed by atoms with Crippen molar-refractivity contribution in [2.75, 3.05) is 11.9 Å². The number of fused-ring (bicyclic) bond motifs is 2. The quantitative estimate of drug-likeness (QED) is 0.622. The van der Waals surface area contributed by atoms with Crippen molar-refractivity contribution in [1.29, 1.82) is 0 Å². The molecule has 3 N–H and O–H groups in total. The number of amides is 1. The van der Waals surface area contributed by atoms with Crippen molar-refractivity contribution < 1.29 is 15.0 Å². The van der Waals surface area contributed by atoms with Gasteiger partial charge in [0.15, 0.2) is 11.2 Å². The minimum atomic E-state index is -0.954. The number of aliphatic hydroxyl groups excluding tert-OH is 2. The number of anilines is 1. The first kappa shape index (κ1) is 13.6. The van der Waals surface area contributed by atoms with Gasteiger partial charge in [-0.2, -0.15) is 4.98 Å². The molecule has 0 fully saturated rings. The molecule has 3 heterocycles. The van der Waals surface area contributed by atoms with Crippen LogP contribution in [-0.2, 0) is 17.8 Å². The van der Waals surface area contributed by atoms with Crippen LogP contribution >= 0.6 is 0 Å². The Morgan fingerprint density at radius 2 is 2.19 bits per heavy atom. The summed E-state index contributed by atoms with van der Waals surface area (Å²) >= 11 is 0. The highest BCUT2D eigenvalue weighted by molar-refractivity contribution is 5.91. The highest BCUT2D eigenvalue weighted by Crippen LogP contribution is 2.13. The van der Waals surface area contributed by atoms with Gasteiger partial charge in [0, 0.05) is 19.4 Å². The highest BCUT2D eigenvalue weighted by Gasteiger charge is 2.20. The number of carbonyl (C=O) groups excluding carboxylic acids is 1. The van der Waals surface area contributed by atoms with E-state index >= 15 is 0 Å². The number of carbonyl (C=O) groups is 1. The van der Waals surface area contributed by atoms with E-state index < -0.39 is 12.7 Å². The van der Waals surface area contributed by atoms with Gasteiger partial charge in [0.2, 0.25) is 11.9 Å². The molecule has 0 aromatic carbocycles. The highest BCUT2D eigenvalue weighted by atomic mass is 16.3. The Kier molecular flexibility index (Phi) is 3.35. The molecule has 21 heavy (non-hydrogen) atoms. The van der Waals surface area contributed by atoms with Gasteiger partial charge in [0.25, 0.3) is 5.56 Å². The fraction of sp³-hybridized carbons (Fsp3) is 0.417. The predicted molar refractivity (Wildman–Crippen MR) is 71.6 cm³/mol. The number of rotatable bonds is 3. The molecule has 2 aromatic rings. The van der Waals surface area contributed by atoms with Crippen molar-refractivity contribution in [3.8, 4) is 0 Å². The normalized spacial score (nSPS) is 15.6. The van der Waals surface area contributed by atoms with E-state index in [2.05, 4.69) is 20.3 Å². The van der Waals surface area contributed by atoms with Crippen LogP contribution in [0, 0.1) is 0 Å². The van der Waals surface area contributed by atoms with Crippen LogP contribution in [0.1, 0.15) is 12.1 Å².